The maximum atomic E-state index is 11.9. The van der Waals surface area contributed by atoms with E-state index in [1.807, 2.05) is 0 Å². The van der Waals surface area contributed by atoms with Crippen molar-refractivity contribution in [2.24, 2.45) is 0 Å². The molecule has 7 heteroatoms. The number of nitrogens with one attached hydrogen (secondary N) is 2. The van der Waals surface area contributed by atoms with Crippen molar-refractivity contribution in [2.45, 2.75) is 25.2 Å². The first-order chi connectivity index (χ1) is 8.92. The van der Waals surface area contributed by atoms with Crippen molar-refractivity contribution in [3.8, 4) is 5.75 Å². The van der Waals surface area contributed by atoms with Crippen molar-refractivity contribution in [3.05, 3.63) is 24.3 Å². The van der Waals surface area contributed by atoms with Crippen LogP contribution in [0.1, 0.15) is 12.8 Å². The number of hydrogen-bond acceptors (Lipinski definition) is 3. The third-order valence-corrected chi connectivity index (χ3v) is 2.48. The smallest absolute Gasteiger partial charge is 0.406 e. The highest BCUT2D eigenvalue weighted by Crippen LogP contribution is 2.23. The lowest BCUT2D eigenvalue weighted by atomic mass is 10.3. The van der Waals surface area contributed by atoms with Gasteiger partial charge in [-0.05, 0) is 37.1 Å². The van der Waals surface area contributed by atoms with Crippen molar-refractivity contribution in [2.75, 3.05) is 11.9 Å². The molecular weight excluding hydrogens is 261 g/mol. The highest BCUT2D eigenvalue weighted by molar-refractivity contribution is 5.81. The van der Waals surface area contributed by atoms with E-state index < -0.39 is 6.36 Å². The van der Waals surface area contributed by atoms with Gasteiger partial charge in [0.2, 0.25) is 5.91 Å². The topological polar surface area (TPSA) is 50.4 Å². The molecule has 1 amide bonds. The second kappa shape index (κ2) is 5.38. The fraction of sp³-hybridized carbons (Fsp3) is 0.417. The molecule has 1 aromatic carbocycles. The minimum atomic E-state index is -4.70. The van der Waals surface area contributed by atoms with Gasteiger partial charge in [0.1, 0.15) is 5.75 Å². The summed E-state index contributed by atoms with van der Waals surface area (Å²) in [5.41, 5.74) is 0.556. The van der Waals surface area contributed by atoms with Gasteiger partial charge in [-0.15, -0.1) is 13.2 Å². The summed E-state index contributed by atoms with van der Waals surface area (Å²) in [6, 6.07) is 5.51. The predicted molar refractivity (Wildman–Crippen MR) is 62.8 cm³/mol. The number of rotatable bonds is 5. The first-order valence-corrected chi connectivity index (χ1v) is 5.81. The average Bonchev–Trinajstić information content (AvgIpc) is 3.10. The number of amides is 1. The molecule has 0 heterocycles. The van der Waals surface area contributed by atoms with E-state index in [0.717, 1.165) is 12.8 Å². The molecule has 4 nitrogen and oxygen atoms in total. The number of carbonyl (C=O) groups excluding carboxylic acids is 1. The summed E-state index contributed by atoms with van der Waals surface area (Å²) >= 11 is 0. The van der Waals surface area contributed by atoms with Crippen molar-refractivity contribution < 1.29 is 22.7 Å². The fourth-order valence-corrected chi connectivity index (χ4v) is 1.46. The summed E-state index contributed by atoms with van der Waals surface area (Å²) in [7, 11) is 0. The molecule has 2 rings (SSSR count). The quantitative estimate of drug-likeness (QED) is 0.866. The minimum Gasteiger partial charge on any atom is -0.406 e. The van der Waals surface area contributed by atoms with E-state index in [4.69, 9.17) is 0 Å². The summed E-state index contributed by atoms with van der Waals surface area (Å²) in [6.45, 7) is 0.0932. The molecule has 0 unspecified atom stereocenters. The first kappa shape index (κ1) is 13.5. The normalized spacial score (nSPS) is 14.9. The zero-order chi connectivity index (χ0) is 13.9. The Hall–Kier alpha value is -1.92. The summed E-state index contributed by atoms with van der Waals surface area (Å²) in [5, 5.41) is 5.61. The van der Waals surface area contributed by atoms with E-state index in [-0.39, 0.29) is 24.2 Å². The minimum absolute atomic E-state index is 0.0932. The molecule has 0 bridgehead atoms. The van der Waals surface area contributed by atoms with Crippen molar-refractivity contribution in [1.29, 1.82) is 0 Å². The molecule has 1 aromatic rings. The molecule has 1 saturated carbocycles. The Bertz CT molecular complexity index is 441. The van der Waals surface area contributed by atoms with Gasteiger partial charge in [0.15, 0.2) is 0 Å². The van der Waals surface area contributed by atoms with Gasteiger partial charge in [-0.2, -0.15) is 0 Å². The standard InChI is InChI=1S/C12H13F3N2O2/c13-12(14,15)19-10-5-3-8(4-6-10)16-7-11(18)17-9-1-2-9/h3-6,9,16H,1-2,7H2,(H,17,18). The third kappa shape index (κ3) is 5.07. The number of anilines is 1. The molecule has 1 aliphatic carbocycles. The van der Waals surface area contributed by atoms with Crippen LogP contribution in [-0.2, 0) is 4.79 Å². The molecule has 2 N–H and O–H groups in total. The molecule has 0 aliphatic heterocycles. The number of carbonyl (C=O) groups is 1. The lowest BCUT2D eigenvalue weighted by molar-refractivity contribution is -0.274. The van der Waals surface area contributed by atoms with Crippen LogP contribution in [0.25, 0.3) is 0 Å². The molecule has 0 atom stereocenters. The molecule has 104 valence electrons. The SMILES string of the molecule is O=C(CNc1ccc(OC(F)(F)F)cc1)NC1CC1. The van der Waals surface area contributed by atoms with Gasteiger partial charge in [-0.1, -0.05) is 0 Å². The Morgan fingerprint density at radius 2 is 1.89 bits per heavy atom. The van der Waals surface area contributed by atoms with Gasteiger partial charge in [-0.25, -0.2) is 0 Å². The maximum absolute atomic E-state index is 11.9. The van der Waals surface area contributed by atoms with E-state index in [1.54, 1.807) is 0 Å². The van der Waals surface area contributed by atoms with E-state index in [2.05, 4.69) is 15.4 Å². The fourth-order valence-electron chi connectivity index (χ4n) is 1.46. The third-order valence-electron chi connectivity index (χ3n) is 2.48. The van der Waals surface area contributed by atoms with Crippen LogP contribution < -0.4 is 15.4 Å². The number of hydrogen-bond donors (Lipinski definition) is 2. The number of ether oxygens (including phenoxy) is 1. The lowest BCUT2D eigenvalue weighted by Gasteiger charge is -2.10. The second-order valence-electron chi connectivity index (χ2n) is 4.27. The summed E-state index contributed by atoms with van der Waals surface area (Å²) in [4.78, 5) is 11.4. The van der Waals surface area contributed by atoms with Gasteiger partial charge < -0.3 is 15.4 Å². The Morgan fingerprint density at radius 3 is 2.42 bits per heavy atom. The van der Waals surface area contributed by atoms with Gasteiger partial charge in [0, 0.05) is 11.7 Å². The van der Waals surface area contributed by atoms with Gasteiger partial charge in [0.25, 0.3) is 0 Å². The molecule has 0 saturated heterocycles. The maximum Gasteiger partial charge on any atom is 0.573 e. The van der Waals surface area contributed by atoms with Crippen LogP contribution in [0.4, 0.5) is 18.9 Å². The zero-order valence-corrected chi connectivity index (χ0v) is 9.96. The summed E-state index contributed by atoms with van der Waals surface area (Å²) in [5.74, 6) is -0.418. The monoisotopic (exact) mass is 274 g/mol. The van der Waals surface area contributed by atoms with Crippen LogP contribution in [0.5, 0.6) is 5.75 Å². The van der Waals surface area contributed by atoms with E-state index in [1.165, 1.54) is 24.3 Å². The van der Waals surface area contributed by atoms with E-state index in [9.17, 15) is 18.0 Å². The van der Waals surface area contributed by atoms with Gasteiger partial charge >= 0.3 is 6.36 Å². The zero-order valence-electron chi connectivity index (χ0n) is 9.96. The predicted octanol–water partition coefficient (Wildman–Crippen LogP) is 2.28. The highest BCUT2D eigenvalue weighted by atomic mass is 19.4. The number of benzene rings is 1. The van der Waals surface area contributed by atoms with Crippen molar-refractivity contribution >= 4 is 11.6 Å². The molecule has 0 spiro atoms. The molecule has 1 aliphatic rings. The van der Waals surface area contributed by atoms with Gasteiger partial charge in [0.05, 0.1) is 6.54 Å². The second-order valence-corrected chi connectivity index (χ2v) is 4.27. The molecule has 19 heavy (non-hydrogen) atoms. The number of halogens is 3. The largest absolute Gasteiger partial charge is 0.573 e. The molecule has 0 aromatic heterocycles. The molecular formula is C12H13F3N2O2. The Labute approximate surface area is 107 Å². The summed E-state index contributed by atoms with van der Waals surface area (Å²) in [6.07, 6.45) is -2.68. The van der Waals surface area contributed by atoms with Gasteiger partial charge in [-0.3, -0.25) is 4.79 Å². The van der Waals surface area contributed by atoms with E-state index in [0.29, 0.717) is 5.69 Å². The van der Waals surface area contributed by atoms with Crippen LogP contribution in [0.3, 0.4) is 0 Å². The Kier molecular flexibility index (Phi) is 3.82. The van der Waals surface area contributed by atoms with Crippen LogP contribution in [0.15, 0.2) is 24.3 Å². The van der Waals surface area contributed by atoms with Crippen LogP contribution in [-0.4, -0.2) is 24.9 Å². The number of alkyl halides is 3. The van der Waals surface area contributed by atoms with Crippen molar-refractivity contribution in [3.63, 3.8) is 0 Å². The van der Waals surface area contributed by atoms with Crippen molar-refractivity contribution in [1.82, 2.24) is 5.32 Å². The highest BCUT2D eigenvalue weighted by Gasteiger charge is 2.30. The molecule has 1 fully saturated rings. The van der Waals surface area contributed by atoms with Crippen LogP contribution in [0.2, 0.25) is 0 Å². The van der Waals surface area contributed by atoms with E-state index >= 15 is 0 Å². The first-order valence-electron chi connectivity index (χ1n) is 5.81. The Balaban J connectivity index is 1.79. The summed E-state index contributed by atoms with van der Waals surface area (Å²) < 4.78 is 39.5. The van der Waals surface area contributed by atoms with Crippen LogP contribution >= 0.6 is 0 Å². The lowest BCUT2D eigenvalue weighted by Crippen LogP contribution is -2.31. The average molecular weight is 274 g/mol. The Morgan fingerprint density at radius 1 is 1.26 bits per heavy atom. The van der Waals surface area contributed by atoms with Crippen LogP contribution in [0, 0.1) is 0 Å². The molecule has 0 radical (unpaired) electrons.